The molecule has 0 unspecified atom stereocenters. The Kier molecular flexibility index (Phi) is 4.36. The van der Waals surface area contributed by atoms with Crippen molar-refractivity contribution in [3.05, 3.63) is 63.5 Å². The number of hydrogen-bond donors (Lipinski definition) is 1. The number of nitro benzene ring substituents is 1. The van der Waals surface area contributed by atoms with Gasteiger partial charge < -0.3 is 10.1 Å². The lowest BCUT2D eigenvalue weighted by molar-refractivity contribution is -0.385. The quantitative estimate of drug-likeness (QED) is 0.694. The van der Waals surface area contributed by atoms with Crippen molar-refractivity contribution in [2.24, 2.45) is 0 Å². The van der Waals surface area contributed by atoms with Gasteiger partial charge in [0.25, 0.3) is 5.91 Å². The standard InChI is InChI=1S/C15H13FN2O4/c1-9-7-11(16)4-5-12(9)17-15(19)10-3-6-14(22-2)13(8-10)18(20)21/h3-8H,1-2H3,(H,17,19). The molecule has 114 valence electrons. The molecule has 0 aliphatic carbocycles. The van der Waals surface area contributed by atoms with E-state index in [1.165, 1.54) is 37.4 Å². The topological polar surface area (TPSA) is 81.5 Å². The Labute approximate surface area is 125 Å². The maximum atomic E-state index is 13.0. The lowest BCUT2D eigenvalue weighted by Crippen LogP contribution is -2.13. The van der Waals surface area contributed by atoms with Gasteiger partial charge in [0.05, 0.1) is 12.0 Å². The van der Waals surface area contributed by atoms with Crippen LogP contribution in [0, 0.1) is 22.9 Å². The smallest absolute Gasteiger partial charge is 0.311 e. The number of ether oxygens (including phenoxy) is 1. The van der Waals surface area contributed by atoms with E-state index in [0.29, 0.717) is 11.3 Å². The number of hydrogen-bond acceptors (Lipinski definition) is 4. The van der Waals surface area contributed by atoms with Crippen molar-refractivity contribution in [1.29, 1.82) is 0 Å². The summed E-state index contributed by atoms with van der Waals surface area (Å²) in [5.74, 6) is -0.865. The monoisotopic (exact) mass is 304 g/mol. The highest BCUT2D eigenvalue weighted by molar-refractivity contribution is 6.05. The molecule has 2 aromatic rings. The van der Waals surface area contributed by atoms with Gasteiger partial charge in [-0.15, -0.1) is 0 Å². The normalized spacial score (nSPS) is 10.1. The zero-order valence-corrected chi connectivity index (χ0v) is 11.9. The number of nitro groups is 1. The van der Waals surface area contributed by atoms with Gasteiger partial charge in [0.1, 0.15) is 5.82 Å². The molecule has 0 heterocycles. The molecule has 0 saturated heterocycles. The van der Waals surface area contributed by atoms with E-state index in [4.69, 9.17) is 4.74 Å². The first-order valence-electron chi connectivity index (χ1n) is 6.32. The fraction of sp³-hybridized carbons (Fsp3) is 0.133. The van der Waals surface area contributed by atoms with Crippen LogP contribution in [0.1, 0.15) is 15.9 Å². The molecule has 0 aliphatic heterocycles. The van der Waals surface area contributed by atoms with E-state index in [0.717, 1.165) is 6.07 Å². The number of benzene rings is 2. The van der Waals surface area contributed by atoms with Gasteiger partial charge in [-0.1, -0.05) is 0 Å². The van der Waals surface area contributed by atoms with E-state index in [1.807, 2.05) is 0 Å². The molecule has 7 heteroatoms. The Hall–Kier alpha value is -2.96. The second-order valence-corrected chi connectivity index (χ2v) is 4.56. The first kappa shape index (κ1) is 15.4. The van der Waals surface area contributed by atoms with Crippen LogP contribution in [-0.2, 0) is 0 Å². The molecule has 0 bridgehead atoms. The Bertz CT molecular complexity index is 746. The van der Waals surface area contributed by atoms with Crippen molar-refractivity contribution in [2.45, 2.75) is 6.92 Å². The van der Waals surface area contributed by atoms with Crippen molar-refractivity contribution in [2.75, 3.05) is 12.4 Å². The minimum absolute atomic E-state index is 0.0690. The summed E-state index contributed by atoms with van der Waals surface area (Å²) in [7, 11) is 1.31. The molecule has 2 rings (SSSR count). The van der Waals surface area contributed by atoms with Crippen molar-refractivity contribution in [3.8, 4) is 5.75 Å². The van der Waals surface area contributed by atoms with Crippen molar-refractivity contribution in [3.63, 3.8) is 0 Å². The summed E-state index contributed by atoms with van der Waals surface area (Å²) in [5, 5.41) is 13.5. The zero-order valence-electron chi connectivity index (χ0n) is 11.9. The highest BCUT2D eigenvalue weighted by atomic mass is 19.1. The van der Waals surface area contributed by atoms with Crippen molar-refractivity contribution in [1.82, 2.24) is 0 Å². The first-order valence-corrected chi connectivity index (χ1v) is 6.32. The van der Waals surface area contributed by atoms with Gasteiger partial charge in [0.2, 0.25) is 0 Å². The zero-order chi connectivity index (χ0) is 16.3. The molecule has 0 spiro atoms. The third-order valence-corrected chi connectivity index (χ3v) is 3.07. The van der Waals surface area contributed by atoms with E-state index >= 15 is 0 Å². The van der Waals surface area contributed by atoms with E-state index in [2.05, 4.69) is 5.32 Å². The molecule has 22 heavy (non-hydrogen) atoms. The summed E-state index contributed by atoms with van der Waals surface area (Å²) in [6.45, 7) is 1.65. The van der Waals surface area contributed by atoms with E-state index in [-0.39, 0.29) is 17.0 Å². The summed E-state index contributed by atoms with van der Waals surface area (Å²) in [6.07, 6.45) is 0. The number of carbonyl (C=O) groups excluding carboxylic acids is 1. The second kappa shape index (κ2) is 6.21. The van der Waals surface area contributed by atoms with Gasteiger partial charge in [0.15, 0.2) is 5.75 Å². The van der Waals surface area contributed by atoms with E-state index < -0.39 is 16.6 Å². The first-order chi connectivity index (χ1) is 10.4. The minimum Gasteiger partial charge on any atom is -0.490 e. The van der Waals surface area contributed by atoms with Crippen LogP contribution in [-0.4, -0.2) is 17.9 Å². The van der Waals surface area contributed by atoms with Crippen LogP contribution in [0.2, 0.25) is 0 Å². The summed E-state index contributed by atoms with van der Waals surface area (Å²) in [4.78, 5) is 22.5. The number of amides is 1. The SMILES string of the molecule is COc1ccc(C(=O)Nc2ccc(F)cc2C)cc1[N+](=O)[O-]. The highest BCUT2D eigenvalue weighted by Gasteiger charge is 2.18. The van der Waals surface area contributed by atoms with Crippen molar-refractivity contribution >= 4 is 17.3 Å². The molecular formula is C15H13FN2O4. The van der Waals surface area contributed by atoms with Gasteiger partial charge in [0, 0.05) is 17.3 Å². The molecule has 1 N–H and O–H groups in total. The average Bonchev–Trinajstić information content (AvgIpc) is 2.49. The summed E-state index contributed by atoms with van der Waals surface area (Å²) in [6, 6.07) is 7.84. The van der Waals surface area contributed by atoms with Crippen LogP contribution in [0.4, 0.5) is 15.8 Å². The summed E-state index contributed by atoms with van der Waals surface area (Å²) in [5.41, 5.74) is 0.795. The van der Waals surface area contributed by atoms with Crippen LogP contribution < -0.4 is 10.1 Å². The molecule has 0 radical (unpaired) electrons. The van der Waals surface area contributed by atoms with Crippen LogP contribution in [0.5, 0.6) is 5.75 Å². The molecule has 0 aliphatic rings. The Balaban J connectivity index is 2.30. The van der Waals surface area contributed by atoms with Crippen LogP contribution in [0.15, 0.2) is 36.4 Å². The molecule has 0 aromatic heterocycles. The number of nitrogens with zero attached hydrogens (tertiary/aromatic N) is 1. The molecule has 2 aromatic carbocycles. The third-order valence-electron chi connectivity index (χ3n) is 3.07. The number of anilines is 1. The number of rotatable bonds is 4. The van der Waals surface area contributed by atoms with Gasteiger partial charge in [-0.3, -0.25) is 14.9 Å². The van der Waals surface area contributed by atoms with E-state index in [9.17, 15) is 19.3 Å². The summed E-state index contributed by atoms with van der Waals surface area (Å²) >= 11 is 0. The Morgan fingerprint density at radius 1 is 1.27 bits per heavy atom. The number of nitrogens with one attached hydrogen (secondary N) is 1. The number of aryl methyl sites for hydroxylation is 1. The van der Waals surface area contributed by atoms with Crippen molar-refractivity contribution < 1.29 is 18.8 Å². The minimum atomic E-state index is -0.626. The van der Waals surface area contributed by atoms with Gasteiger partial charge in [-0.2, -0.15) is 0 Å². The maximum absolute atomic E-state index is 13.0. The number of methoxy groups -OCH3 is 1. The summed E-state index contributed by atoms with van der Waals surface area (Å²) < 4.78 is 17.9. The fourth-order valence-electron chi connectivity index (χ4n) is 1.94. The molecular weight excluding hydrogens is 291 g/mol. The molecule has 1 amide bonds. The number of halogens is 1. The Morgan fingerprint density at radius 3 is 2.59 bits per heavy atom. The number of carbonyl (C=O) groups is 1. The van der Waals surface area contributed by atoms with Gasteiger partial charge in [-0.05, 0) is 42.8 Å². The lowest BCUT2D eigenvalue weighted by atomic mass is 10.1. The molecule has 0 saturated carbocycles. The molecule has 6 nitrogen and oxygen atoms in total. The van der Waals surface area contributed by atoms with Crippen LogP contribution in [0.25, 0.3) is 0 Å². The van der Waals surface area contributed by atoms with Gasteiger partial charge >= 0.3 is 5.69 Å². The lowest BCUT2D eigenvalue weighted by Gasteiger charge is -2.09. The largest absolute Gasteiger partial charge is 0.490 e. The van der Waals surface area contributed by atoms with Gasteiger partial charge in [-0.25, -0.2) is 4.39 Å². The maximum Gasteiger partial charge on any atom is 0.311 e. The second-order valence-electron chi connectivity index (χ2n) is 4.56. The fourth-order valence-corrected chi connectivity index (χ4v) is 1.94. The highest BCUT2D eigenvalue weighted by Crippen LogP contribution is 2.28. The Morgan fingerprint density at radius 2 is 2.00 bits per heavy atom. The van der Waals surface area contributed by atoms with Crippen LogP contribution in [0.3, 0.4) is 0 Å². The predicted molar refractivity (Wildman–Crippen MR) is 78.7 cm³/mol. The predicted octanol–water partition coefficient (Wildman–Crippen LogP) is 3.30. The van der Waals surface area contributed by atoms with E-state index in [1.54, 1.807) is 6.92 Å². The molecule has 0 fully saturated rings. The average molecular weight is 304 g/mol. The molecule has 0 atom stereocenters. The van der Waals surface area contributed by atoms with Crippen LogP contribution >= 0.6 is 0 Å². The third kappa shape index (κ3) is 3.20.